The molecule has 1 aliphatic rings. The number of alkyl halides is 3. The van der Waals surface area contributed by atoms with Gasteiger partial charge in [-0.05, 0) is 12.8 Å². The molecule has 0 bridgehead atoms. The Bertz CT molecular complexity index is 190. The van der Waals surface area contributed by atoms with Gasteiger partial charge in [0.2, 0.25) is 0 Å². The Kier molecular flexibility index (Phi) is 2.41. The van der Waals surface area contributed by atoms with Gasteiger partial charge in [-0.2, -0.15) is 13.2 Å². The molecular weight excluding hydrogens is 171 g/mol. The molecule has 1 rings (SSSR count). The lowest BCUT2D eigenvalue weighted by Crippen LogP contribution is -2.41. The molecule has 0 saturated heterocycles. The van der Waals surface area contributed by atoms with Crippen molar-refractivity contribution in [2.24, 2.45) is 11.7 Å². The van der Waals surface area contributed by atoms with Crippen LogP contribution in [0.1, 0.15) is 19.3 Å². The van der Waals surface area contributed by atoms with Crippen LogP contribution >= 0.6 is 0 Å². The van der Waals surface area contributed by atoms with Crippen LogP contribution in [0.5, 0.6) is 0 Å². The Morgan fingerprint density at radius 3 is 2.42 bits per heavy atom. The Labute approximate surface area is 67.9 Å². The molecule has 0 aromatic carbocycles. The number of nitrogens with two attached hydrogens (primary N) is 1. The number of ketones is 1. The van der Waals surface area contributed by atoms with Crippen molar-refractivity contribution in [3.05, 3.63) is 0 Å². The molecular formula is C7H10F3NO. The van der Waals surface area contributed by atoms with E-state index in [1.807, 2.05) is 0 Å². The van der Waals surface area contributed by atoms with Gasteiger partial charge in [-0.15, -0.1) is 0 Å². The first-order valence-electron chi connectivity index (χ1n) is 3.76. The third-order valence-electron chi connectivity index (χ3n) is 2.15. The molecule has 0 unspecified atom stereocenters. The first-order chi connectivity index (χ1) is 5.41. The van der Waals surface area contributed by atoms with Gasteiger partial charge in [0.1, 0.15) is 5.78 Å². The fourth-order valence-corrected chi connectivity index (χ4v) is 1.36. The number of halogens is 3. The number of Topliss-reactive ketones (excluding diaryl/α,β-unsaturated/α-hetero) is 1. The predicted molar refractivity (Wildman–Crippen MR) is 36.4 cm³/mol. The zero-order valence-corrected chi connectivity index (χ0v) is 6.40. The van der Waals surface area contributed by atoms with E-state index in [0.717, 1.165) is 0 Å². The van der Waals surface area contributed by atoms with Crippen LogP contribution in [0.25, 0.3) is 0 Å². The molecule has 0 heterocycles. The topological polar surface area (TPSA) is 43.1 Å². The van der Waals surface area contributed by atoms with E-state index in [0.29, 0.717) is 0 Å². The van der Waals surface area contributed by atoms with Crippen LogP contribution < -0.4 is 5.73 Å². The van der Waals surface area contributed by atoms with E-state index < -0.39 is 18.1 Å². The highest BCUT2D eigenvalue weighted by Crippen LogP contribution is 2.35. The Morgan fingerprint density at radius 2 is 2.00 bits per heavy atom. The standard InChI is InChI=1S/C7H10F3NO/c8-7(9,10)4-1-2-6(12)5(11)3-4/h4-5H,1-3,11H2/t4-,5+/m0/s1. The quantitative estimate of drug-likeness (QED) is 0.611. The largest absolute Gasteiger partial charge is 0.391 e. The molecule has 12 heavy (non-hydrogen) atoms. The van der Waals surface area contributed by atoms with Gasteiger partial charge in [0.15, 0.2) is 0 Å². The van der Waals surface area contributed by atoms with E-state index in [1.54, 1.807) is 0 Å². The van der Waals surface area contributed by atoms with Crippen molar-refractivity contribution in [2.75, 3.05) is 0 Å². The highest BCUT2D eigenvalue weighted by Gasteiger charge is 2.43. The SMILES string of the molecule is N[C@@H]1C[C@@H](C(F)(F)F)CCC1=O. The van der Waals surface area contributed by atoms with Gasteiger partial charge >= 0.3 is 6.18 Å². The minimum atomic E-state index is -4.20. The Hall–Kier alpha value is -0.580. The van der Waals surface area contributed by atoms with Crippen molar-refractivity contribution in [1.82, 2.24) is 0 Å². The number of hydrogen-bond donors (Lipinski definition) is 1. The summed E-state index contributed by atoms with van der Waals surface area (Å²) >= 11 is 0. The smallest absolute Gasteiger partial charge is 0.321 e. The van der Waals surface area contributed by atoms with Crippen LogP contribution in [0.15, 0.2) is 0 Å². The Balaban J connectivity index is 2.57. The molecule has 5 heteroatoms. The minimum absolute atomic E-state index is 0.0364. The summed E-state index contributed by atoms with van der Waals surface area (Å²) in [6, 6.07) is -0.912. The fraction of sp³-hybridized carbons (Fsp3) is 0.857. The molecule has 2 nitrogen and oxygen atoms in total. The van der Waals surface area contributed by atoms with Crippen LogP contribution in [0.4, 0.5) is 13.2 Å². The zero-order valence-electron chi connectivity index (χ0n) is 6.40. The first kappa shape index (κ1) is 9.51. The maximum atomic E-state index is 12.1. The molecule has 1 fully saturated rings. The molecule has 0 aromatic rings. The van der Waals surface area contributed by atoms with E-state index in [1.165, 1.54) is 0 Å². The molecule has 0 aliphatic heterocycles. The van der Waals surface area contributed by atoms with E-state index in [4.69, 9.17) is 5.73 Å². The summed E-state index contributed by atoms with van der Waals surface area (Å²) in [7, 11) is 0. The lowest BCUT2D eigenvalue weighted by Gasteiger charge is -2.27. The molecule has 0 amide bonds. The molecule has 0 radical (unpaired) electrons. The molecule has 70 valence electrons. The summed E-state index contributed by atoms with van der Waals surface area (Å²) in [6.45, 7) is 0. The number of rotatable bonds is 0. The van der Waals surface area contributed by atoms with Crippen LogP contribution in [-0.2, 0) is 4.79 Å². The minimum Gasteiger partial charge on any atom is -0.321 e. The third kappa shape index (κ3) is 1.97. The van der Waals surface area contributed by atoms with E-state index in [-0.39, 0.29) is 25.0 Å². The van der Waals surface area contributed by atoms with Crippen molar-refractivity contribution in [3.63, 3.8) is 0 Å². The summed E-state index contributed by atoms with van der Waals surface area (Å²) in [5, 5.41) is 0. The third-order valence-corrected chi connectivity index (χ3v) is 2.15. The van der Waals surface area contributed by atoms with Crippen molar-refractivity contribution in [2.45, 2.75) is 31.5 Å². The Morgan fingerprint density at radius 1 is 1.42 bits per heavy atom. The highest BCUT2D eigenvalue weighted by molar-refractivity contribution is 5.84. The molecule has 1 saturated carbocycles. The summed E-state index contributed by atoms with van der Waals surface area (Å²) in [5.41, 5.74) is 5.22. The summed E-state index contributed by atoms with van der Waals surface area (Å²) in [5.74, 6) is -1.64. The lowest BCUT2D eigenvalue weighted by molar-refractivity contribution is -0.183. The van der Waals surface area contributed by atoms with E-state index >= 15 is 0 Å². The molecule has 2 N–H and O–H groups in total. The van der Waals surface area contributed by atoms with Crippen LogP contribution in [-0.4, -0.2) is 18.0 Å². The van der Waals surface area contributed by atoms with Crippen molar-refractivity contribution in [1.29, 1.82) is 0 Å². The summed E-state index contributed by atoms with van der Waals surface area (Å²) in [6.07, 6.45) is -4.58. The van der Waals surface area contributed by atoms with Crippen molar-refractivity contribution >= 4 is 5.78 Å². The summed E-state index contributed by atoms with van der Waals surface area (Å²) < 4.78 is 36.2. The van der Waals surface area contributed by atoms with Gasteiger partial charge in [0.05, 0.1) is 12.0 Å². The molecule has 0 aromatic heterocycles. The number of carbonyl (C=O) groups excluding carboxylic acids is 1. The number of hydrogen-bond acceptors (Lipinski definition) is 2. The van der Waals surface area contributed by atoms with Crippen LogP contribution in [0.3, 0.4) is 0 Å². The van der Waals surface area contributed by atoms with E-state index in [9.17, 15) is 18.0 Å². The fourth-order valence-electron chi connectivity index (χ4n) is 1.36. The van der Waals surface area contributed by atoms with Crippen LogP contribution in [0.2, 0.25) is 0 Å². The van der Waals surface area contributed by atoms with Gasteiger partial charge < -0.3 is 5.73 Å². The molecule has 1 aliphatic carbocycles. The van der Waals surface area contributed by atoms with Gasteiger partial charge in [-0.25, -0.2) is 0 Å². The monoisotopic (exact) mass is 181 g/mol. The molecule has 0 spiro atoms. The second kappa shape index (κ2) is 3.05. The second-order valence-corrected chi connectivity index (χ2v) is 3.09. The second-order valence-electron chi connectivity index (χ2n) is 3.09. The maximum Gasteiger partial charge on any atom is 0.391 e. The lowest BCUT2D eigenvalue weighted by atomic mass is 9.85. The maximum absolute atomic E-state index is 12.1. The highest BCUT2D eigenvalue weighted by atomic mass is 19.4. The van der Waals surface area contributed by atoms with Gasteiger partial charge in [-0.1, -0.05) is 0 Å². The van der Waals surface area contributed by atoms with Gasteiger partial charge in [0, 0.05) is 6.42 Å². The first-order valence-corrected chi connectivity index (χ1v) is 3.76. The van der Waals surface area contributed by atoms with Crippen molar-refractivity contribution < 1.29 is 18.0 Å². The van der Waals surface area contributed by atoms with Gasteiger partial charge in [0.25, 0.3) is 0 Å². The molecule has 2 atom stereocenters. The zero-order chi connectivity index (χ0) is 9.35. The van der Waals surface area contributed by atoms with Crippen molar-refractivity contribution in [3.8, 4) is 0 Å². The predicted octanol–water partition coefficient (Wildman–Crippen LogP) is 1.25. The number of carbonyl (C=O) groups is 1. The van der Waals surface area contributed by atoms with Gasteiger partial charge in [-0.3, -0.25) is 4.79 Å². The summed E-state index contributed by atoms with van der Waals surface area (Å²) in [4.78, 5) is 10.8. The van der Waals surface area contributed by atoms with E-state index in [2.05, 4.69) is 0 Å². The van der Waals surface area contributed by atoms with Crippen LogP contribution in [0, 0.1) is 5.92 Å². The average molecular weight is 181 g/mol. The average Bonchev–Trinajstić information content (AvgIpc) is 1.92. The normalized spacial score (nSPS) is 32.2.